The van der Waals surface area contributed by atoms with Crippen molar-refractivity contribution in [1.29, 1.82) is 0 Å². The van der Waals surface area contributed by atoms with Gasteiger partial charge in [0.25, 0.3) is 0 Å². The molecule has 0 radical (unpaired) electrons. The maximum atomic E-state index is 11.5. The highest BCUT2D eigenvalue weighted by molar-refractivity contribution is 5.77. The Morgan fingerprint density at radius 1 is 1.47 bits per heavy atom. The lowest BCUT2D eigenvalue weighted by Crippen LogP contribution is -2.34. The number of likely N-dealkylation sites (N-methyl/N-ethyl adjacent to an activating group) is 1. The van der Waals surface area contributed by atoms with Crippen molar-refractivity contribution in [2.45, 2.75) is 26.8 Å². The molecular weight excluding hydrogens is 216 g/mol. The van der Waals surface area contributed by atoms with Gasteiger partial charge >= 0.3 is 0 Å². The van der Waals surface area contributed by atoms with Crippen LogP contribution in [0.5, 0.6) is 0 Å². The first-order valence-electron chi connectivity index (χ1n) is 5.78. The molecule has 0 fully saturated rings. The van der Waals surface area contributed by atoms with E-state index in [4.69, 9.17) is 0 Å². The van der Waals surface area contributed by atoms with E-state index in [0.717, 1.165) is 11.4 Å². The highest BCUT2D eigenvalue weighted by atomic mass is 16.2. The van der Waals surface area contributed by atoms with Crippen LogP contribution in [-0.2, 0) is 11.8 Å². The van der Waals surface area contributed by atoms with Crippen LogP contribution in [0.3, 0.4) is 0 Å². The fourth-order valence-corrected chi connectivity index (χ4v) is 1.92. The second-order valence-corrected chi connectivity index (χ2v) is 4.60. The fraction of sp³-hybridized carbons (Fsp3) is 0.667. The smallest absolute Gasteiger partial charge is 0.236 e. The largest absolute Gasteiger partial charge is 0.348 e. The van der Waals surface area contributed by atoms with E-state index in [0.29, 0.717) is 6.54 Å². The Morgan fingerprint density at radius 2 is 2.06 bits per heavy atom. The molecule has 17 heavy (non-hydrogen) atoms. The van der Waals surface area contributed by atoms with E-state index in [1.807, 2.05) is 25.6 Å². The van der Waals surface area contributed by atoms with Gasteiger partial charge in [-0.2, -0.15) is 5.10 Å². The van der Waals surface area contributed by atoms with Gasteiger partial charge in [-0.15, -0.1) is 0 Å². The third kappa shape index (κ3) is 3.06. The van der Waals surface area contributed by atoms with Gasteiger partial charge in [-0.3, -0.25) is 9.48 Å². The molecule has 0 aromatic carbocycles. The van der Waals surface area contributed by atoms with Crippen molar-refractivity contribution in [3.63, 3.8) is 0 Å². The molecule has 1 heterocycles. The molecule has 1 aromatic heterocycles. The van der Waals surface area contributed by atoms with Gasteiger partial charge in [-0.05, 0) is 20.8 Å². The molecular formula is C12H22N4O. The summed E-state index contributed by atoms with van der Waals surface area (Å²) in [6, 6.07) is 0.132. The number of carbonyl (C=O) groups is 1. The van der Waals surface area contributed by atoms with Crippen molar-refractivity contribution >= 4 is 5.91 Å². The molecule has 0 spiro atoms. The number of amides is 1. The van der Waals surface area contributed by atoms with E-state index >= 15 is 0 Å². The lowest BCUT2D eigenvalue weighted by atomic mass is 10.1. The number of hydrogen-bond donors (Lipinski definition) is 1. The molecule has 0 aliphatic rings. The third-order valence-electron chi connectivity index (χ3n) is 3.06. The minimum Gasteiger partial charge on any atom is -0.348 e. The van der Waals surface area contributed by atoms with Crippen LogP contribution < -0.4 is 5.32 Å². The second kappa shape index (κ2) is 5.31. The van der Waals surface area contributed by atoms with Crippen LogP contribution >= 0.6 is 0 Å². The third-order valence-corrected chi connectivity index (χ3v) is 3.06. The van der Waals surface area contributed by atoms with E-state index in [1.165, 1.54) is 5.56 Å². The van der Waals surface area contributed by atoms with Crippen molar-refractivity contribution in [2.24, 2.45) is 7.05 Å². The molecule has 96 valence electrons. The molecule has 5 heteroatoms. The van der Waals surface area contributed by atoms with Gasteiger partial charge in [0.15, 0.2) is 0 Å². The molecule has 0 saturated heterocycles. The zero-order valence-corrected chi connectivity index (χ0v) is 11.5. The van der Waals surface area contributed by atoms with Crippen molar-refractivity contribution in [1.82, 2.24) is 20.0 Å². The summed E-state index contributed by atoms with van der Waals surface area (Å²) < 4.78 is 1.87. The number of hydrogen-bond acceptors (Lipinski definition) is 3. The van der Waals surface area contributed by atoms with Gasteiger partial charge in [-0.25, -0.2) is 0 Å². The van der Waals surface area contributed by atoms with Crippen molar-refractivity contribution in [3.05, 3.63) is 17.0 Å². The summed E-state index contributed by atoms with van der Waals surface area (Å²) >= 11 is 0. The zero-order chi connectivity index (χ0) is 13.2. The van der Waals surface area contributed by atoms with Crippen LogP contribution in [0, 0.1) is 13.8 Å². The summed E-state index contributed by atoms with van der Waals surface area (Å²) in [5.74, 6) is 0.0797. The van der Waals surface area contributed by atoms with Gasteiger partial charge in [0.05, 0.1) is 12.2 Å². The first-order valence-corrected chi connectivity index (χ1v) is 5.78. The number of aromatic nitrogens is 2. The molecule has 5 nitrogen and oxygen atoms in total. The molecule has 1 rings (SSSR count). The quantitative estimate of drug-likeness (QED) is 0.843. The lowest BCUT2D eigenvalue weighted by Gasteiger charge is -2.16. The van der Waals surface area contributed by atoms with Gasteiger partial charge < -0.3 is 10.2 Å². The topological polar surface area (TPSA) is 50.2 Å². The van der Waals surface area contributed by atoms with Crippen LogP contribution in [0.1, 0.15) is 29.9 Å². The molecule has 1 atom stereocenters. The number of rotatable bonds is 4. The van der Waals surface area contributed by atoms with Gasteiger partial charge in [0, 0.05) is 38.4 Å². The summed E-state index contributed by atoms with van der Waals surface area (Å²) in [6.45, 7) is 6.44. The predicted molar refractivity (Wildman–Crippen MR) is 67.8 cm³/mol. The van der Waals surface area contributed by atoms with E-state index < -0.39 is 0 Å². The lowest BCUT2D eigenvalue weighted by molar-refractivity contribution is -0.127. The molecule has 0 aliphatic carbocycles. The number of nitrogens with one attached hydrogen (secondary N) is 1. The maximum absolute atomic E-state index is 11.5. The molecule has 0 bridgehead atoms. The number of carbonyl (C=O) groups excluding carboxylic acids is 1. The zero-order valence-electron chi connectivity index (χ0n) is 11.5. The first-order chi connectivity index (χ1) is 7.84. The van der Waals surface area contributed by atoms with E-state index in [1.54, 1.807) is 19.0 Å². The Labute approximate surface area is 103 Å². The fourth-order valence-electron chi connectivity index (χ4n) is 1.92. The Kier molecular flexibility index (Phi) is 4.28. The van der Waals surface area contributed by atoms with Crippen molar-refractivity contribution in [3.8, 4) is 0 Å². The standard InChI is InChI=1S/C12H22N4O/c1-8(13-7-11(17)15(4)5)12-9(2)14-16(6)10(12)3/h8,13H,7H2,1-6H3. The van der Waals surface area contributed by atoms with Crippen LogP contribution in [0.4, 0.5) is 0 Å². The first kappa shape index (κ1) is 13.7. The Balaban J connectivity index is 2.70. The van der Waals surface area contributed by atoms with E-state index in [2.05, 4.69) is 17.3 Å². The Bertz CT molecular complexity index is 409. The Morgan fingerprint density at radius 3 is 2.47 bits per heavy atom. The summed E-state index contributed by atoms with van der Waals surface area (Å²) in [5, 5.41) is 7.61. The van der Waals surface area contributed by atoms with E-state index in [9.17, 15) is 4.79 Å². The van der Waals surface area contributed by atoms with Crippen LogP contribution in [-0.4, -0.2) is 41.2 Å². The Hall–Kier alpha value is -1.36. The van der Waals surface area contributed by atoms with Crippen molar-refractivity contribution < 1.29 is 4.79 Å². The number of nitrogens with zero attached hydrogens (tertiary/aromatic N) is 3. The molecule has 1 aromatic rings. The van der Waals surface area contributed by atoms with Crippen LogP contribution in [0.25, 0.3) is 0 Å². The number of aryl methyl sites for hydroxylation is 2. The molecule has 1 unspecified atom stereocenters. The minimum atomic E-state index is 0.0797. The van der Waals surface area contributed by atoms with Gasteiger partial charge in [-0.1, -0.05) is 0 Å². The monoisotopic (exact) mass is 238 g/mol. The second-order valence-electron chi connectivity index (χ2n) is 4.60. The molecule has 1 amide bonds. The van der Waals surface area contributed by atoms with E-state index in [-0.39, 0.29) is 11.9 Å². The van der Waals surface area contributed by atoms with Crippen LogP contribution in [0.2, 0.25) is 0 Å². The minimum absolute atomic E-state index is 0.0797. The summed E-state index contributed by atoms with van der Waals surface area (Å²) in [4.78, 5) is 13.1. The normalized spacial score (nSPS) is 12.6. The summed E-state index contributed by atoms with van der Waals surface area (Å²) in [7, 11) is 5.45. The maximum Gasteiger partial charge on any atom is 0.236 e. The molecule has 0 aliphatic heterocycles. The average Bonchev–Trinajstić information content (AvgIpc) is 2.49. The highest BCUT2D eigenvalue weighted by Gasteiger charge is 2.16. The SMILES string of the molecule is Cc1nn(C)c(C)c1C(C)NCC(=O)N(C)C. The molecule has 0 saturated carbocycles. The van der Waals surface area contributed by atoms with Gasteiger partial charge in [0.2, 0.25) is 5.91 Å². The summed E-state index contributed by atoms with van der Waals surface area (Å²) in [6.07, 6.45) is 0. The van der Waals surface area contributed by atoms with Gasteiger partial charge in [0.1, 0.15) is 0 Å². The average molecular weight is 238 g/mol. The highest BCUT2D eigenvalue weighted by Crippen LogP contribution is 2.20. The molecule has 1 N–H and O–H groups in total. The van der Waals surface area contributed by atoms with Crippen LogP contribution in [0.15, 0.2) is 0 Å². The summed E-state index contributed by atoms with van der Waals surface area (Å²) in [5.41, 5.74) is 3.33. The predicted octanol–water partition coefficient (Wildman–Crippen LogP) is 0.776. The van der Waals surface area contributed by atoms with Crippen molar-refractivity contribution in [2.75, 3.05) is 20.6 Å².